The summed E-state index contributed by atoms with van der Waals surface area (Å²) in [6, 6.07) is 6.06. The van der Waals surface area contributed by atoms with Gasteiger partial charge in [-0.3, -0.25) is 0 Å². The van der Waals surface area contributed by atoms with E-state index in [1.54, 1.807) is 0 Å². The van der Waals surface area contributed by atoms with Crippen molar-refractivity contribution >= 4 is 11.6 Å². The predicted molar refractivity (Wildman–Crippen MR) is 83.8 cm³/mol. The van der Waals surface area contributed by atoms with Crippen LogP contribution in [0.3, 0.4) is 0 Å². The molecule has 0 aromatic carbocycles. The van der Waals surface area contributed by atoms with Crippen LogP contribution in [-0.4, -0.2) is 43.6 Å². The molecule has 0 bridgehead atoms. The molecule has 0 aliphatic heterocycles. The molecule has 1 aromatic rings. The van der Waals surface area contributed by atoms with Crippen LogP contribution in [0.5, 0.6) is 0 Å². The molecule has 19 heavy (non-hydrogen) atoms. The molecular formula is C15H28N4. The van der Waals surface area contributed by atoms with Crippen LogP contribution in [0.4, 0.5) is 11.6 Å². The molecule has 1 rings (SSSR count). The van der Waals surface area contributed by atoms with E-state index in [1.807, 2.05) is 18.2 Å². The van der Waals surface area contributed by atoms with Crippen molar-refractivity contribution in [2.45, 2.75) is 27.2 Å². The second-order valence-corrected chi connectivity index (χ2v) is 6.09. The van der Waals surface area contributed by atoms with Gasteiger partial charge in [-0.25, -0.2) is 4.98 Å². The Morgan fingerprint density at radius 3 is 2.37 bits per heavy atom. The summed E-state index contributed by atoms with van der Waals surface area (Å²) in [6.45, 7) is 9.60. The van der Waals surface area contributed by atoms with E-state index in [2.05, 4.69) is 55.4 Å². The van der Waals surface area contributed by atoms with Gasteiger partial charge in [-0.05, 0) is 38.1 Å². The molecule has 4 nitrogen and oxygen atoms in total. The largest absolute Gasteiger partial charge is 0.370 e. The Morgan fingerprint density at radius 1 is 1.16 bits per heavy atom. The summed E-state index contributed by atoms with van der Waals surface area (Å²) >= 11 is 0. The number of hydrogen-bond donors (Lipinski definition) is 2. The van der Waals surface area contributed by atoms with Crippen molar-refractivity contribution in [2.24, 2.45) is 5.41 Å². The monoisotopic (exact) mass is 264 g/mol. The Morgan fingerprint density at radius 2 is 1.79 bits per heavy atom. The summed E-state index contributed by atoms with van der Waals surface area (Å²) in [7, 11) is 4.21. The third-order valence-electron chi connectivity index (χ3n) is 2.80. The lowest BCUT2D eigenvalue weighted by Crippen LogP contribution is -2.34. The molecule has 0 aliphatic carbocycles. The molecule has 1 aromatic heterocycles. The molecule has 2 N–H and O–H groups in total. The molecule has 108 valence electrons. The zero-order chi connectivity index (χ0) is 14.3. The molecule has 0 aliphatic rings. The fraction of sp³-hybridized carbons (Fsp3) is 0.667. The second kappa shape index (κ2) is 7.34. The first-order valence-electron chi connectivity index (χ1n) is 7.02. The van der Waals surface area contributed by atoms with Crippen molar-refractivity contribution in [3.05, 3.63) is 18.2 Å². The minimum Gasteiger partial charge on any atom is -0.370 e. The third kappa shape index (κ3) is 6.43. The molecule has 0 spiro atoms. The Kier molecular flexibility index (Phi) is 6.09. The van der Waals surface area contributed by atoms with Crippen molar-refractivity contribution in [1.29, 1.82) is 0 Å². The van der Waals surface area contributed by atoms with Crippen LogP contribution in [0, 0.1) is 5.41 Å². The van der Waals surface area contributed by atoms with Crippen LogP contribution in [0.15, 0.2) is 18.2 Å². The number of nitrogens with zero attached hydrogens (tertiary/aromatic N) is 2. The van der Waals surface area contributed by atoms with Gasteiger partial charge in [0.2, 0.25) is 0 Å². The Hall–Kier alpha value is -1.29. The van der Waals surface area contributed by atoms with Crippen molar-refractivity contribution in [3.63, 3.8) is 0 Å². The van der Waals surface area contributed by atoms with Crippen molar-refractivity contribution < 1.29 is 0 Å². The van der Waals surface area contributed by atoms with Crippen LogP contribution in [0.1, 0.15) is 27.2 Å². The molecule has 0 amide bonds. The fourth-order valence-corrected chi connectivity index (χ4v) is 2.13. The van der Waals surface area contributed by atoms with E-state index >= 15 is 0 Å². The van der Waals surface area contributed by atoms with Gasteiger partial charge in [0.1, 0.15) is 11.6 Å². The first-order chi connectivity index (χ1) is 8.93. The average molecular weight is 264 g/mol. The standard InChI is InChI=1S/C15H28N4/c1-6-10-16-13-8-7-9-14(18-13)17-11-15(2,3)12-19(4)5/h7-9H,6,10-12H2,1-5H3,(H2,16,17,18). The molecule has 4 heteroatoms. The molecule has 0 radical (unpaired) electrons. The maximum Gasteiger partial charge on any atom is 0.128 e. The summed E-state index contributed by atoms with van der Waals surface area (Å²) in [6.07, 6.45) is 1.11. The topological polar surface area (TPSA) is 40.2 Å². The lowest BCUT2D eigenvalue weighted by molar-refractivity contribution is 0.254. The molecule has 0 unspecified atom stereocenters. The van der Waals surface area contributed by atoms with Crippen molar-refractivity contribution in [3.8, 4) is 0 Å². The Labute approximate surface area is 117 Å². The Bertz CT molecular complexity index is 374. The van der Waals surface area contributed by atoms with E-state index in [0.717, 1.165) is 37.7 Å². The highest BCUT2D eigenvalue weighted by molar-refractivity contribution is 5.45. The van der Waals surface area contributed by atoms with E-state index in [-0.39, 0.29) is 5.41 Å². The molecular weight excluding hydrogens is 236 g/mol. The van der Waals surface area contributed by atoms with Crippen LogP contribution >= 0.6 is 0 Å². The molecule has 1 heterocycles. The number of pyridine rings is 1. The zero-order valence-electron chi connectivity index (χ0n) is 13.0. The molecule has 0 atom stereocenters. The van der Waals surface area contributed by atoms with E-state index in [0.29, 0.717) is 0 Å². The van der Waals surface area contributed by atoms with Gasteiger partial charge in [0.05, 0.1) is 0 Å². The maximum atomic E-state index is 4.56. The first-order valence-corrected chi connectivity index (χ1v) is 7.02. The fourth-order valence-electron chi connectivity index (χ4n) is 2.13. The SMILES string of the molecule is CCCNc1cccc(NCC(C)(C)CN(C)C)n1. The van der Waals surface area contributed by atoms with E-state index in [4.69, 9.17) is 0 Å². The number of nitrogens with one attached hydrogen (secondary N) is 2. The van der Waals surface area contributed by atoms with E-state index in [1.165, 1.54) is 0 Å². The number of aromatic nitrogens is 1. The van der Waals surface area contributed by atoms with Gasteiger partial charge in [-0.15, -0.1) is 0 Å². The smallest absolute Gasteiger partial charge is 0.128 e. The number of hydrogen-bond acceptors (Lipinski definition) is 4. The van der Waals surface area contributed by atoms with E-state index < -0.39 is 0 Å². The lowest BCUT2D eigenvalue weighted by atomic mass is 9.93. The Balaban J connectivity index is 2.52. The molecule has 0 fully saturated rings. The second-order valence-electron chi connectivity index (χ2n) is 6.09. The highest BCUT2D eigenvalue weighted by Gasteiger charge is 2.18. The average Bonchev–Trinajstić information content (AvgIpc) is 2.33. The summed E-state index contributed by atoms with van der Waals surface area (Å²) < 4.78 is 0. The van der Waals surface area contributed by atoms with Gasteiger partial charge >= 0.3 is 0 Å². The minimum atomic E-state index is 0.220. The summed E-state index contributed by atoms with van der Waals surface area (Å²) in [5.41, 5.74) is 0.220. The van der Waals surface area contributed by atoms with Gasteiger partial charge in [-0.2, -0.15) is 0 Å². The van der Waals surface area contributed by atoms with Crippen LogP contribution in [-0.2, 0) is 0 Å². The van der Waals surface area contributed by atoms with Gasteiger partial charge in [0, 0.05) is 19.6 Å². The van der Waals surface area contributed by atoms with E-state index in [9.17, 15) is 0 Å². The van der Waals surface area contributed by atoms with Crippen LogP contribution in [0.2, 0.25) is 0 Å². The van der Waals surface area contributed by atoms with Gasteiger partial charge < -0.3 is 15.5 Å². The highest BCUT2D eigenvalue weighted by Crippen LogP contribution is 2.17. The summed E-state index contributed by atoms with van der Waals surface area (Å²) in [5.74, 6) is 1.88. The van der Waals surface area contributed by atoms with Crippen LogP contribution in [0.25, 0.3) is 0 Å². The normalized spacial score (nSPS) is 11.7. The quantitative estimate of drug-likeness (QED) is 0.757. The summed E-state index contributed by atoms with van der Waals surface area (Å²) in [5, 5.41) is 6.73. The lowest BCUT2D eigenvalue weighted by Gasteiger charge is -2.28. The van der Waals surface area contributed by atoms with Crippen molar-refractivity contribution in [2.75, 3.05) is 44.4 Å². The number of anilines is 2. The zero-order valence-corrected chi connectivity index (χ0v) is 13.0. The van der Waals surface area contributed by atoms with Gasteiger partial charge in [0.15, 0.2) is 0 Å². The first kappa shape index (κ1) is 15.8. The van der Waals surface area contributed by atoms with Crippen LogP contribution < -0.4 is 10.6 Å². The highest BCUT2D eigenvalue weighted by atomic mass is 15.1. The van der Waals surface area contributed by atoms with Gasteiger partial charge in [0.25, 0.3) is 0 Å². The third-order valence-corrected chi connectivity index (χ3v) is 2.80. The summed E-state index contributed by atoms with van der Waals surface area (Å²) in [4.78, 5) is 6.77. The minimum absolute atomic E-state index is 0.220. The predicted octanol–water partition coefficient (Wildman–Crippen LogP) is 2.90. The van der Waals surface area contributed by atoms with Crippen molar-refractivity contribution in [1.82, 2.24) is 9.88 Å². The number of rotatable bonds is 8. The molecule has 0 saturated carbocycles. The maximum absolute atomic E-state index is 4.56. The molecule has 0 saturated heterocycles. The van der Waals surface area contributed by atoms with Gasteiger partial charge in [-0.1, -0.05) is 26.8 Å².